The highest BCUT2D eigenvalue weighted by atomic mass is 16.3. The molecular formula is C22H17N5O2. The van der Waals surface area contributed by atoms with Gasteiger partial charge >= 0.3 is 0 Å². The first-order chi connectivity index (χ1) is 14.2. The molecule has 142 valence electrons. The zero-order chi connectivity index (χ0) is 19.8. The van der Waals surface area contributed by atoms with Gasteiger partial charge in [-0.2, -0.15) is 0 Å². The molecule has 7 heteroatoms. The Bertz CT molecular complexity index is 1330. The first-order valence-corrected chi connectivity index (χ1v) is 9.19. The van der Waals surface area contributed by atoms with Crippen molar-refractivity contribution in [2.45, 2.75) is 13.5 Å². The summed E-state index contributed by atoms with van der Waals surface area (Å²) in [5, 5.41) is 2.91. The Morgan fingerprint density at radius 2 is 2.00 bits per heavy atom. The molecule has 0 aliphatic carbocycles. The van der Waals surface area contributed by atoms with Crippen LogP contribution in [0.5, 0.6) is 0 Å². The fourth-order valence-corrected chi connectivity index (χ4v) is 3.14. The third-order valence-corrected chi connectivity index (χ3v) is 4.70. The van der Waals surface area contributed by atoms with Crippen LogP contribution in [0.1, 0.15) is 21.5 Å². The SMILES string of the molecule is Cc1ccc2oc(-c3ccc(CNC(=O)c4cnc5nccn5c4)cc3)nc2c1. The lowest BCUT2D eigenvalue weighted by molar-refractivity contribution is 0.0950. The van der Waals surface area contributed by atoms with Gasteiger partial charge in [0.1, 0.15) is 5.52 Å². The number of carbonyl (C=O) groups excluding carboxylic acids is 1. The van der Waals surface area contributed by atoms with Gasteiger partial charge in [0.25, 0.3) is 5.91 Å². The number of hydrogen-bond acceptors (Lipinski definition) is 5. The smallest absolute Gasteiger partial charge is 0.254 e. The first kappa shape index (κ1) is 17.1. The Kier molecular flexibility index (Phi) is 4.05. The molecule has 0 atom stereocenters. The van der Waals surface area contributed by atoms with Gasteiger partial charge in [0.15, 0.2) is 5.58 Å². The minimum Gasteiger partial charge on any atom is -0.436 e. The molecule has 0 bridgehead atoms. The zero-order valence-electron chi connectivity index (χ0n) is 15.7. The van der Waals surface area contributed by atoms with Gasteiger partial charge in [-0.25, -0.2) is 15.0 Å². The number of fused-ring (bicyclic) bond motifs is 2. The van der Waals surface area contributed by atoms with Gasteiger partial charge in [-0.1, -0.05) is 18.2 Å². The summed E-state index contributed by atoms with van der Waals surface area (Å²) in [6.07, 6.45) is 6.63. The van der Waals surface area contributed by atoms with Gasteiger partial charge in [-0.3, -0.25) is 9.20 Å². The molecule has 29 heavy (non-hydrogen) atoms. The van der Waals surface area contributed by atoms with Crippen LogP contribution in [-0.2, 0) is 6.54 Å². The summed E-state index contributed by atoms with van der Waals surface area (Å²) < 4.78 is 7.55. The topological polar surface area (TPSA) is 85.3 Å². The van der Waals surface area contributed by atoms with Crippen molar-refractivity contribution < 1.29 is 9.21 Å². The molecule has 0 radical (unpaired) electrons. The van der Waals surface area contributed by atoms with E-state index in [0.29, 0.717) is 23.8 Å². The second kappa shape index (κ2) is 6.87. The molecule has 5 aromatic rings. The lowest BCUT2D eigenvalue weighted by Gasteiger charge is -2.06. The molecule has 0 unspecified atom stereocenters. The molecular weight excluding hydrogens is 366 g/mol. The molecule has 3 aromatic heterocycles. The molecule has 0 fully saturated rings. The van der Waals surface area contributed by atoms with Crippen LogP contribution in [0.25, 0.3) is 28.3 Å². The van der Waals surface area contributed by atoms with Crippen LogP contribution in [0, 0.1) is 6.92 Å². The van der Waals surface area contributed by atoms with E-state index >= 15 is 0 Å². The van der Waals surface area contributed by atoms with Crippen LogP contribution in [0.4, 0.5) is 0 Å². The number of aromatic nitrogens is 4. The van der Waals surface area contributed by atoms with Gasteiger partial charge in [0.2, 0.25) is 11.7 Å². The number of nitrogens with one attached hydrogen (secondary N) is 1. The average molecular weight is 383 g/mol. The molecule has 7 nitrogen and oxygen atoms in total. The number of rotatable bonds is 4. The van der Waals surface area contributed by atoms with E-state index < -0.39 is 0 Å². The number of imidazole rings is 1. The number of amides is 1. The molecule has 0 aliphatic heterocycles. The van der Waals surface area contributed by atoms with Crippen LogP contribution in [0.15, 0.2) is 71.7 Å². The zero-order valence-corrected chi connectivity index (χ0v) is 15.7. The standard InChI is InChI=1S/C22H17N5O2/c1-14-2-7-19-18(10-14)26-21(29-19)16-5-3-15(4-6-16)11-24-20(28)17-12-25-22-23-8-9-27(22)13-17/h2-10,12-13H,11H2,1H3,(H,24,28). The van der Waals surface area contributed by atoms with E-state index in [1.165, 1.54) is 6.20 Å². The summed E-state index contributed by atoms with van der Waals surface area (Å²) in [7, 11) is 0. The predicted molar refractivity (Wildman–Crippen MR) is 108 cm³/mol. The monoisotopic (exact) mass is 383 g/mol. The summed E-state index contributed by atoms with van der Waals surface area (Å²) in [6.45, 7) is 2.44. The van der Waals surface area contributed by atoms with Crippen molar-refractivity contribution in [3.63, 3.8) is 0 Å². The molecule has 1 amide bonds. The maximum Gasteiger partial charge on any atom is 0.254 e. The highest BCUT2D eigenvalue weighted by Crippen LogP contribution is 2.25. The Balaban J connectivity index is 1.29. The lowest BCUT2D eigenvalue weighted by atomic mass is 10.1. The number of nitrogens with zero attached hydrogens (tertiary/aromatic N) is 4. The van der Waals surface area contributed by atoms with E-state index in [-0.39, 0.29) is 5.91 Å². The highest BCUT2D eigenvalue weighted by molar-refractivity contribution is 5.93. The van der Waals surface area contributed by atoms with Crippen LogP contribution in [0.2, 0.25) is 0 Å². The number of hydrogen-bond donors (Lipinski definition) is 1. The Hall–Kier alpha value is -4.00. The summed E-state index contributed by atoms with van der Waals surface area (Å²) in [4.78, 5) is 25.2. The molecule has 1 N–H and O–H groups in total. The van der Waals surface area contributed by atoms with Gasteiger partial charge in [-0.05, 0) is 42.3 Å². The molecule has 0 spiro atoms. The number of benzene rings is 2. The van der Waals surface area contributed by atoms with Crippen molar-refractivity contribution in [3.05, 3.63) is 83.9 Å². The minimum absolute atomic E-state index is 0.188. The maximum absolute atomic E-state index is 12.4. The second-order valence-electron chi connectivity index (χ2n) is 6.85. The maximum atomic E-state index is 12.4. The molecule has 5 rings (SSSR count). The quantitative estimate of drug-likeness (QED) is 0.510. The summed E-state index contributed by atoms with van der Waals surface area (Å²) in [5.41, 5.74) is 5.11. The Morgan fingerprint density at radius 3 is 2.86 bits per heavy atom. The predicted octanol–water partition coefficient (Wildman–Crippen LogP) is 3.78. The van der Waals surface area contributed by atoms with Crippen molar-refractivity contribution >= 4 is 22.8 Å². The number of carbonyl (C=O) groups is 1. The summed E-state index contributed by atoms with van der Waals surface area (Å²) in [5.74, 6) is 0.957. The van der Waals surface area contributed by atoms with E-state index in [9.17, 15) is 4.79 Å². The molecule has 0 aliphatic rings. The van der Waals surface area contributed by atoms with E-state index in [0.717, 1.165) is 27.8 Å². The van der Waals surface area contributed by atoms with Crippen molar-refractivity contribution in [1.29, 1.82) is 0 Å². The lowest BCUT2D eigenvalue weighted by Crippen LogP contribution is -2.23. The molecule has 3 heterocycles. The van der Waals surface area contributed by atoms with Crippen molar-refractivity contribution in [2.75, 3.05) is 0 Å². The first-order valence-electron chi connectivity index (χ1n) is 9.19. The Morgan fingerprint density at radius 1 is 1.14 bits per heavy atom. The summed E-state index contributed by atoms with van der Waals surface area (Å²) in [6, 6.07) is 13.7. The van der Waals surface area contributed by atoms with Gasteiger partial charge in [-0.15, -0.1) is 0 Å². The summed E-state index contributed by atoms with van der Waals surface area (Å²) >= 11 is 0. The number of aryl methyl sites for hydroxylation is 1. The number of oxazole rings is 1. The van der Waals surface area contributed by atoms with E-state index in [2.05, 4.69) is 20.3 Å². The normalized spacial score (nSPS) is 11.2. The molecule has 0 saturated heterocycles. The Labute approximate surface area is 166 Å². The van der Waals surface area contributed by atoms with E-state index in [1.807, 2.05) is 49.4 Å². The highest BCUT2D eigenvalue weighted by Gasteiger charge is 2.10. The second-order valence-corrected chi connectivity index (χ2v) is 6.85. The largest absolute Gasteiger partial charge is 0.436 e. The molecule has 0 saturated carbocycles. The third kappa shape index (κ3) is 3.34. The van der Waals surface area contributed by atoms with Crippen LogP contribution in [-0.4, -0.2) is 25.3 Å². The van der Waals surface area contributed by atoms with Crippen LogP contribution in [0.3, 0.4) is 0 Å². The van der Waals surface area contributed by atoms with Gasteiger partial charge < -0.3 is 9.73 Å². The van der Waals surface area contributed by atoms with Crippen molar-refractivity contribution in [3.8, 4) is 11.5 Å². The van der Waals surface area contributed by atoms with E-state index in [4.69, 9.17) is 4.42 Å². The van der Waals surface area contributed by atoms with Crippen LogP contribution < -0.4 is 5.32 Å². The van der Waals surface area contributed by atoms with Crippen molar-refractivity contribution in [1.82, 2.24) is 24.7 Å². The van der Waals surface area contributed by atoms with Crippen molar-refractivity contribution in [2.24, 2.45) is 0 Å². The van der Waals surface area contributed by atoms with Gasteiger partial charge in [0, 0.05) is 36.9 Å². The minimum atomic E-state index is -0.188. The van der Waals surface area contributed by atoms with E-state index in [1.54, 1.807) is 23.0 Å². The average Bonchev–Trinajstić information content (AvgIpc) is 3.38. The molecule has 2 aromatic carbocycles. The fraction of sp³-hybridized carbons (Fsp3) is 0.0909. The van der Waals surface area contributed by atoms with Gasteiger partial charge in [0.05, 0.1) is 5.56 Å². The fourth-order valence-electron chi connectivity index (χ4n) is 3.14. The third-order valence-electron chi connectivity index (χ3n) is 4.70. The van der Waals surface area contributed by atoms with Crippen LogP contribution >= 0.6 is 0 Å².